The number of hydrogen-bond donors (Lipinski definition) is 2. The van der Waals surface area contributed by atoms with Gasteiger partial charge in [-0.25, -0.2) is 13.4 Å². The Morgan fingerprint density at radius 1 is 1.04 bits per heavy atom. The van der Waals surface area contributed by atoms with Gasteiger partial charge in [-0.15, -0.1) is 0 Å². The maximum atomic E-state index is 12.5. The molecule has 0 aliphatic heterocycles. The number of rotatable bonds is 6. The predicted octanol–water partition coefficient (Wildman–Crippen LogP) is 3.49. The standard InChI is InChI=1S/C19H19N3O3S2/c1-13-8-10-16(11-9-13)27(24,25)22-19-21-14(2)17(26-19)18(23)20-12-15-6-4-3-5-7-15/h3-11H,12H2,1-2H3,(H,20,23)(H,21,22). The van der Waals surface area contributed by atoms with E-state index in [2.05, 4.69) is 15.0 Å². The third-order valence-electron chi connectivity index (χ3n) is 3.85. The molecule has 0 radical (unpaired) electrons. The van der Waals surface area contributed by atoms with Crippen molar-refractivity contribution in [2.45, 2.75) is 25.3 Å². The Morgan fingerprint density at radius 2 is 1.70 bits per heavy atom. The van der Waals surface area contributed by atoms with Crippen LogP contribution in [0.2, 0.25) is 0 Å². The third kappa shape index (κ3) is 4.72. The molecule has 0 unspecified atom stereocenters. The van der Waals surface area contributed by atoms with Gasteiger partial charge < -0.3 is 5.32 Å². The number of aryl methyl sites for hydroxylation is 2. The highest BCUT2D eigenvalue weighted by Gasteiger charge is 2.20. The van der Waals surface area contributed by atoms with E-state index in [-0.39, 0.29) is 15.9 Å². The second kappa shape index (κ2) is 7.89. The minimum atomic E-state index is -3.75. The molecule has 8 heteroatoms. The van der Waals surface area contributed by atoms with Crippen LogP contribution in [0.4, 0.5) is 5.13 Å². The van der Waals surface area contributed by atoms with Crippen molar-refractivity contribution in [1.29, 1.82) is 0 Å². The van der Waals surface area contributed by atoms with Gasteiger partial charge in [0.25, 0.3) is 15.9 Å². The van der Waals surface area contributed by atoms with E-state index in [4.69, 9.17) is 0 Å². The first kappa shape index (κ1) is 19.1. The highest BCUT2D eigenvalue weighted by molar-refractivity contribution is 7.93. The highest BCUT2D eigenvalue weighted by Crippen LogP contribution is 2.25. The number of carbonyl (C=O) groups excluding carboxylic acids is 1. The molecule has 140 valence electrons. The van der Waals surface area contributed by atoms with Crippen molar-refractivity contribution in [2.75, 3.05) is 4.72 Å². The van der Waals surface area contributed by atoms with Crippen LogP contribution in [-0.2, 0) is 16.6 Å². The van der Waals surface area contributed by atoms with Gasteiger partial charge in [-0.3, -0.25) is 9.52 Å². The van der Waals surface area contributed by atoms with E-state index in [9.17, 15) is 13.2 Å². The average molecular weight is 402 g/mol. The predicted molar refractivity (Wildman–Crippen MR) is 106 cm³/mol. The maximum absolute atomic E-state index is 12.5. The molecule has 27 heavy (non-hydrogen) atoms. The van der Waals surface area contributed by atoms with Crippen LogP contribution in [0.3, 0.4) is 0 Å². The van der Waals surface area contributed by atoms with E-state index in [1.807, 2.05) is 37.3 Å². The Morgan fingerprint density at radius 3 is 2.37 bits per heavy atom. The zero-order valence-corrected chi connectivity index (χ0v) is 16.5. The molecule has 1 heterocycles. The van der Waals surface area contributed by atoms with Gasteiger partial charge in [0.2, 0.25) is 0 Å². The second-order valence-electron chi connectivity index (χ2n) is 6.02. The molecule has 0 saturated carbocycles. The molecule has 0 atom stereocenters. The van der Waals surface area contributed by atoms with Crippen molar-refractivity contribution in [2.24, 2.45) is 0 Å². The second-order valence-corrected chi connectivity index (χ2v) is 8.70. The lowest BCUT2D eigenvalue weighted by Gasteiger charge is -2.05. The average Bonchev–Trinajstić information content (AvgIpc) is 3.00. The number of hydrogen-bond acceptors (Lipinski definition) is 5. The molecule has 0 aliphatic rings. The fourth-order valence-corrected chi connectivity index (χ4v) is 4.52. The van der Waals surface area contributed by atoms with Crippen molar-refractivity contribution in [3.63, 3.8) is 0 Å². The van der Waals surface area contributed by atoms with E-state index in [0.29, 0.717) is 17.1 Å². The lowest BCUT2D eigenvalue weighted by Crippen LogP contribution is -2.22. The summed E-state index contributed by atoms with van der Waals surface area (Å²) in [6, 6.07) is 16.1. The molecule has 0 bridgehead atoms. The Labute approximate surface area is 162 Å². The zero-order chi connectivity index (χ0) is 19.4. The molecule has 2 N–H and O–H groups in total. The maximum Gasteiger partial charge on any atom is 0.263 e. The number of benzene rings is 2. The van der Waals surface area contributed by atoms with Crippen LogP contribution in [-0.4, -0.2) is 19.3 Å². The van der Waals surface area contributed by atoms with Gasteiger partial charge in [0.15, 0.2) is 5.13 Å². The van der Waals surface area contributed by atoms with Crippen LogP contribution in [0.5, 0.6) is 0 Å². The fraction of sp³-hybridized carbons (Fsp3) is 0.158. The molecule has 1 amide bonds. The van der Waals surface area contributed by atoms with Crippen LogP contribution in [0, 0.1) is 13.8 Å². The molecule has 0 spiro atoms. The first-order valence-corrected chi connectivity index (χ1v) is 10.5. The summed E-state index contributed by atoms with van der Waals surface area (Å²) < 4.78 is 27.4. The zero-order valence-electron chi connectivity index (χ0n) is 14.9. The van der Waals surface area contributed by atoms with Gasteiger partial charge in [0, 0.05) is 6.54 Å². The van der Waals surface area contributed by atoms with Gasteiger partial charge in [0.05, 0.1) is 10.6 Å². The van der Waals surface area contributed by atoms with Crippen molar-refractivity contribution < 1.29 is 13.2 Å². The lowest BCUT2D eigenvalue weighted by atomic mass is 10.2. The van der Waals surface area contributed by atoms with Crippen LogP contribution in [0.25, 0.3) is 0 Å². The van der Waals surface area contributed by atoms with Crippen LogP contribution < -0.4 is 10.0 Å². The normalized spacial score (nSPS) is 11.2. The van der Waals surface area contributed by atoms with Crippen molar-refractivity contribution >= 4 is 32.4 Å². The monoisotopic (exact) mass is 401 g/mol. The number of amides is 1. The van der Waals surface area contributed by atoms with Gasteiger partial charge in [-0.05, 0) is 31.5 Å². The molecule has 0 aliphatic carbocycles. The summed E-state index contributed by atoms with van der Waals surface area (Å²) in [5.74, 6) is -0.283. The molecule has 3 aromatic rings. The summed E-state index contributed by atoms with van der Waals surface area (Å²) in [7, 11) is -3.75. The summed E-state index contributed by atoms with van der Waals surface area (Å²) in [4.78, 5) is 17.1. The highest BCUT2D eigenvalue weighted by atomic mass is 32.2. The summed E-state index contributed by atoms with van der Waals surface area (Å²) in [6.45, 7) is 3.95. The van der Waals surface area contributed by atoms with E-state index in [0.717, 1.165) is 22.5 Å². The Kier molecular flexibility index (Phi) is 5.57. The molecule has 0 fully saturated rings. The van der Waals surface area contributed by atoms with Crippen LogP contribution in [0.1, 0.15) is 26.5 Å². The van der Waals surface area contributed by atoms with Gasteiger partial charge >= 0.3 is 0 Å². The number of thiazole rings is 1. The van der Waals surface area contributed by atoms with Crippen molar-refractivity contribution in [3.8, 4) is 0 Å². The van der Waals surface area contributed by atoms with Crippen LogP contribution in [0.15, 0.2) is 59.5 Å². The van der Waals surface area contributed by atoms with E-state index >= 15 is 0 Å². The summed E-state index contributed by atoms with van der Waals surface area (Å²) in [5, 5.41) is 2.99. The van der Waals surface area contributed by atoms with Gasteiger partial charge in [0.1, 0.15) is 4.88 Å². The molecular weight excluding hydrogens is 382 g/mol. The number of nitrogens with one attached hydrogen (secondary N) is 2. The first-order chi connectivity index (χ1) is 12.8. The van der Waals surface area contributed by atoms with Gasteiger partial charge in [-0.1, -0.05) is 59.4 Å². The summed E-state index contributed by atoms with van der Waals surface area (Å²) in [6.07, 6.45) is 0. The fourth-order valence-electron chi connectivity index (χ4n) is 2.40. The van der Waals surface area contributed by atoms with E-state index < -0.39 is 10.0 Å². The minimum Gasteiger partial charge on any atom is -0.347 e. The summed E-state index contributed by atoms with van der Waals surface area (Å²) in [5.41, 5.74) is 2.43. The third-order valence-corrected chi connectivity index (χ3v) is 6.41. The largest absolute Gasteiger partial charge is 0.347 e. The number of carbonyl (C=O) groups is 1. The molecular formula is C19H19N3O3S2. The first-order valence-electron chi connectivity index (χ1n) is 8.24. The summed E-state index contributed by atoms with van der Waals surface area (Å²) >= 11 is 1.01. The van der Waals surface area contributed by atoms with Crippen LogP contribution >= 0.6 is 11.3 Å². The molecule has 0 saturated heterocycles. The Balaban J connectivity index is 1.72. The number of anilines is 1. The number of sulfonamides is 1. The van der Waals surface area contributed by atoms with E-state index in [1.54, 1.807) is 19.1 Å². The minimum absolute atomic E-state index is 0.149. The van der Waals surface area contributed by atoms with Crippen molar-refractivity contribution in [1.82, 2.24) is 10.3 Å². The Hall–Kier alpha value is -2.71. The molecule has 1 aromatic heterocycles. The van der Waals surface area contributed by atoms with E-state index in [1.165, 1.54) is 12.1 Å². The lowest BCUT2D eigenvalue weighted by molar-refractivity contribution is 0.0954. The topological polar surface area (TPSA) is 88.2 Å². The number of nitrogens with zero attached hydrogens (tertiary/aromatic N) is 1. The SMILES string of the molecule is Cc1ccc(S(=O)(=O)Nc2nc(C)c(C(=O)NCc3ccccc3)s2)cc1. The number of aromatic nitrogens is 1. The van der Waals surface area contributed by atoms with Gasteiger partial charge in [-0.2, -0.15) is 0 Å². The van der Waals surface area contributed by atoms with Crippen molar-refractivity contribution in [3.05, 3.63) is 76.3 Å². The molecule has 3 rings (SSSR count). The molecule has 6 nitrogen and oxygen atoms in total. The molecule has 2 aromatic carbocycles. The smallest absolute Gasteiger partial charge is 0.263 e. The quantitative estimate of drug-likeness (QED) is 0.662. The Bertz CT molecular complexity index is 1040.